The first-order valence-corrected chi connectivity index (χ1v) is 18.0. The number of ether oxygens (including phenoxy) is 1. The predicted molar refractivity (Wildman–Crippen MR) is 165 cm³/mol. The van der Waals surface area contributed by atoms with Gasteiger partial charge in [0.25, 0.3) is 5.91 Å². The minimum atomic E-state index is -5.79. The topological polar surface area (TPSA) is 177 Å². The van der Waals surface area contributed by atoms with E-state index in [4.69, 9.17) is 14.5 Å². The van der Waals surface area contributed by atoms with Gasteiger partial charge < -0.3 is 39.6 Å². The maximum Gasteiger partial charge on any atom is 0.399 e. The molecule has 17 heteroatoms. The molecule has 13 nitrogen and oxygen atoms in total. The number of aliphatic hydroxyl groups excluding tert-OH is 1. The number of alkyl halides is 2. The molecule has 1 aromatic carbocycles. The second-order valence-corrected chi connectivity index (χ2v) is 15.8. The number of halogens is 2. The van der Waals surface area contributed by atoms with Crippen LogP contribution in [0.5, 0.6) is 0 Å². The van der Waals surface area contributed by atoms with Crippen molar-refractivity contribution in [1.82, 2.24) is 20.0 Å². The molecule has 5 heterocycles. The van der Waals surface area contributed by atoms with Gasteiger partial charge in [-0.25, -0.2) is 0 Å². The molecular formula is C30H37F2N4O9PS. The molecule has 4 N–H and O–H groups in total. The van der Waals surface area contributed by atoms with Crippen molar-refractivity contribution >= 4 is 52.6 Å². The second-order valence-electron chi connectivity index (χ2n) is 13.0. The average molecular weight is 699 g/mol. The van der Waals surface area contributed by atoms with Crippen molar-refractivity contribution in [2.75, 3.05) is 39.4 Å². The van der Waals surface area contributed by atoms with E-state index in [0.29, 0.717) is 56.7 Å². The van der Waals surface area contributed by atoms with Crippen LogP contribution in [0.1, 0.15) is 54.3 Å². The van der Waals surface area contributed by atoms with Gasteiger partial charge in [0.15, 0.2) is 0 Å². The molecule has 4 aliphatic rings. The van der Waals surface area contributed by atoms with Crippen molar-refractivity contribution in [2.45, 2.75) is 68.4 Å². The largest absolute Gasteiger partial charge is 0.399 e. The maximum atomic E-state index is 14.3. The number of benzene rings is 1. The van der Waals surface area contributed by atoms with Gasteiger partial charge in [0.2, 0.25) is 17.7 Å². The Balaban J connectivity index is 1.17. The molecule has 4 aliphatic heterocycles. The van der Waals surface area contributed by atoms with Crippen LogP contribution in [0.3, 0.4) is 0 Å². The third-order valence-corrected chi connectivity index (χ3v) is 11.9. The summed E-state index contributed by atoms with van der Waals surface area (Å²) in [6, 6.07) is 2.35. The molecule has 4 amide bonds. The van der Waals surface area contributed by atoms with Crippen LogP contribution in [-0.4, -0.2) is 116 Å². The molecule has 0 spiro atoms. The Morgan fingerprint density at radius 2 is 1.74 bits per heavy atom. The third kappa shape index (κ3) is 6.31. The Morgan fingerprint density at radius 1 is 1.06 bits per heavy atom. The molecule has 4 atom stereocenters. The van der Waals surface area contributed by atoms with E-state index >= 15 is 0 Å². The lowest BCUT2D eigenvalue weighted by atomic mass is 9.87. The third-order valence-electron chi connectivity index (χ3n) is 9.82. The van der Waals surface area contributed by atoms with Crippen LogP contribution in [0.2, 0.25) is 0 Å². The second kappa shape index (κ2) is 12.5. The normalized spacial score (nSPS) is 27.7. The fourth-order valence-corrected chi connectivity index (χ4v) is 8.46. The van der Waals surface area contributed by atoms with Crippen LogP contribution in [0.25, 0.3) is 10.1 Å². The molecule has 4 fully saturated rings. The average Bonchev–Trinajstić information content (AvgIpc) is 3.59. The number of hydrogen-bond acceptors (Lipinski definition) is 8. The van der Waals surface area contributed by atoms with Gasteiger partial charge in [0.05, 0.1) is 30.1 Å². The van der Waals surface area contributed by atoms with E-state index < -0.39 is 54.4 Å². The summed E-state index contributed by atoms with van der Waals surface area (Å²) < 4.78 is 45.7. The van der Waals surface area contributed by atoms with E-state index in [2.05, 4.69) is 5.32 Å². The zero-order valence-corrected chi connectivity index (χ0v) is 27.4. The SMILES string of the molecule is C[C@@]12CC[C@@H](O)CC(NC(=O)c3cc4cc(C(F)(F)P(=O)(O)O)ccc4s3)C(=O)N1[C@H](C(=O)N1CC(C(=O)N3CCOCC3)C1)CC2. The number of nitrogens with one attached hydrogen (secondary N) is 1. The number of amides is 4. The summed E-state index contributed by atoms with van der Waals surface area (Å²) in [5.74, 6) is -1.79. The van der Waals surface area contributed by atoms with Gasteiger partial charge in [-0.15, -0.1) is 11.3 Å². The maximum absolute atomic E-state index is 14.3. The van der Waals surface area contributed by atoms with Crippen molar-refractivity contribution in [3.63, 3.8) is 0 Å². The summed E-state index contributed by atoms with van der Waals surface area (Å²) in [5.41, 5.74) is -6.06. The zero-order valence-electron chi connectivity index (χ0n) is 25.6. The monoisotopic (exact) mass is 698 g/mol. The fraction of sp³-hybridized carbons (Fsp3) is 0.600. The lowest BCUT2D eigenvalue weighted by Gasteiger charge is -2.46. The van der Waals surface area contributed by atoms with Crippen LogP contribution in [0.15, 0.2) is 24.3 Å². The number of thiophene rings is 1. The molecular weight excluding hydrogens is 661 g/mol. The van der Waals surface area contributed by atoms with Gasteiger partial charge in [-0.05, 0) is 56.2 Å². The minimum Gasteiger partial charge on any atom is -0.393 e. The predicted octanol–water partition coefficient (Wildman–Crippen LogP) is 1.84. The summed E-state index contributed by atoms with van der Waals surface area (Å²) in [6.45, 7) is 4.38. The highest BCUT2D eigenvalue weighted by Crippen LogP contribution is 2.59. The van der Waals surface area contributed by atoms with Gasteiger partial charge in [-0.1, -0.05) is 6.07 Å². The highest BCUT2D eigenvalue weighted by molar-refractivity contribution is 7.52. The number of fused-ring (bicyclic) bond motifs is 2. The molecule has 0 saturated carbocycles. The Kier molecular flexibility index (Phi) is 8.98. The highest BCUT2D eigenvalue weighted by Gasteiger charge is 2.54. The number of nitrogens with zero attached hydrogens (tertiary/aromatic N) is 3. The van der Waals surface area contributed by atoms with Gasteiger partial charge >= 0.3 is 13.3 Å². The van der Waals surface area contributed by atoms with E-state index in [1.165, 1.54) is 12.1 Å². The first-order chi connectivity index (χ1) is 22.1. The van der Waals surface area contributed by atoms with Crippen molar-refractivity contribution in [3.05, 3.63) is 34.7 Å². The quantitative estimate of drug-likeness (QED) is 0.328. The molecule has 0 aliphatic carbocycles. The first-order valence-electron chi connectivity index (χ1n) is 15.5. The van der Waals surface area contributed by atoms with E-state index in [1.807, 2.05) is 6.92 Å². The number of likely N-dealkylation sites (tertiary alicyclic amines) is 1. The molecule has 0 radical (unpaired) electrons. The summed E-state index contributed by atoms with van der Waals surface area (Å²) >= 11 is 0.946. The van der Waals surface area contributed by atoms with Gasteiger partial charge in [-0.3, -0.25) is 23.7 Å². The minimum absolute atomic E-state index is 0.0133. The van der Waals surface area contributed by atoms with Crippen molar-refractivity contribution in [1.29, 1.82) is 0 Å². The van der Waals surface area contributed by atoms with Crippen LogP contribution in [0.4, 0.5) is 8.78 Å². The number of aliphatic hydroxyl groups is 1. The molecule has 0 bridgehead atoms. The zero-order chi connectivity index (χ0) is 33.9. The van der Waals surface area contributed by atoms with Crippen LogP contribution in [-0.2, 0) is 29.3 Å². The number of rotatable bonds is 6. The molecule has 1 unspecified atom stereocenters. The first kappa shape index (κ1) is 33.9. The Bertz CT molecular complexity index is 1640. The van der Waals surface area contributed by atoms with Crippen LogP contribution >= 0.6 is 18.9 Å². The summed E-state index contributed by atoms with van der Waals surface area (Å²) in [5, 5.41) is 13.6. The lowest BCUT2D eigenvalue weighted by molar-refractivity contribution is -0.158. The van der Waals surface area contributed by atoms with Crippen molar-refractivity contribution in [2.24, 2.45) is 5.92 Å². The molecule has 1 aromatic heterocycles. The molecule has 6 rings (SSSR count). The summed E-state index contributed by atoms with van der Waals surface area (Å²) in [4.78, 5) is 77.3. The Hall–Kier alpha value is -3.01. The van der Waals surface area contributed by atoms with Crippen molar-refractivity contribution < 1.29 is 52.2 Å². The van der Waals surface area contributed by atoms with E-state index in [1.54, 1.807) is 14.7 Å². The standard InChI is InChI=1S/C30H37F2N4O9PS/c1-29-6-4-20(37)14-21(33-25(38)24-13-17-12-19(2-3-23(17)47-24)30(31,32)46(42,43)44)27(40)36(29)22(5-7-29)28(41)35-15-18(16-35)26(39)34-8-10-45-11-9-34/h2-3,12-13,18,20-22,37H,4-11,14-16H2,1H3,(H,33,38)(H2,42,43,44)/t20-,21?,22+,29+/m1/s1. The number of hydrogen-bond donors (Lipinski definition) is 4. The highest BCUT2D eigenvalue weighted by atomic mass is 32.1. The number of carbonyl (C=O) groups excluding carboxylic acids is 4. The Morgan fingerprint density at radius 3 is 2.43 bits per heavy atom. The van der Waals surface area contributed by atoms with E-state index in [-0.39, 0.29) is 47.5 Å². The molecule has 47 heavy (non-hydrogen) atoms. The fourth-order valence-electron chi connectivity index (χ4n) is 7.04. The summed E-state index contributed by atoms with van der Waals surface area (Å²) in [7, 11) is -5.79. The molecule has 4 saturated heterocycles. The number of carbonyl (C=O) groups is 4. The van der Waals surface area contributed by atoms with Gasteiger partial charge in [0, 0.05) is 48.4 Å². The van der Waals surface area contributed by atoms with Gasteiger partial charge in [0.1, 0.15) is 12.1 Å². The Labute approximate surface area is 273 Å². The van der Waals surface area contributed by atoms with E-state index in [9.17, 15) is 37.6 Å². The van der Waals surface area contributed by atoms with Crippen LogP contribution < -0.4 is 5.32 Å². The summed E-state index contributed by atoms with van der Waals surface area (Å²) in [6.07, 6.45) is 0.716. The number of morpholine rings is 1. The van der Waals surface area contributed by atoms with Crippen LogP contribution in [0, 0.1) is 5.92 Å². The van der Waals surface area contributed by atoms with E-state index in [0.717, 1.165) is 23.5 Å². The smallest absolute Gasteiger partial charge is 0.393 e. The van der Waals surface area contributed by atoms with Gasteiger partial charge in [-0.2, -0.15) is 8.78 Å². The molecule has 256 valence electrons. The molecule has 2 aromatic rings. The lowest BCUT2D eigenvalue weighted by Crippen LogP contribution is -2.64. The van der Waals surface area contributed by atoms with Crippen molar-refractivity contribution in [3.8, 4) is 0 Å².